The van der Waals surface area contributed by atoms with Crippen molar-refractivity contribution >= 4 is 21.8 Å². The Kier molecular flexibility index (Phi) is 3.53. The van der Waals surface area contributed by atoms with Gasteiger partial charge in [0.25, 0.3) is 0 Å². The summed E-state index contributed by atoms with van der Waals surface area (Å²) in [6.07, 6.45) is 4.84. The Morgan fingerprint density at radius 3 is 2.96 bits per heavy atom. The van der Waals surface area contributed by atoms with E-state index in [0.717, 1.165) is 41.6 Å². The summed E-state index contributed by atoms with van der Waals surface area (Å²) in [5.41, 5.74) is 6.36. The molecule has 2 heterocycles. The molecule has 2 unspecified atom stereocenters. The Morgan fingerprint density at radius 1 is 1.22 bits per heavy atom. The summed E-state index contributed by atoms with van der Waals surface area (Å²) in [7, 11) is -1.21. The van der Waals surface area contributed by atoms with E-state index in [0.29, 0.717) is 5.16 Å². The summed E-state index contributed by atoms with van der Waals surface area (Å²) in [5.74, 6) is 0. The van der Waals surface area contributed by atoms with E-state index in [4.69, 9.17) is 0 Å². The molecular formula is C18H19N3OS. The lowest BCUT2D eigenvalue weighted by molar-refractivity contribution is 0.614. The minimum absolute atomic E-state index is 0.0685. The van der Waals surface area contributed by atoms with Crippen molar-refractivity contribution < 1.29 is 4.21 Å². The molecule has 0 amide bonds. The van der Waals surface area contributed by atoms with Gasteiger partial charge in [0, 0.05) is 6.20 Å². The first-order valence-corrected chi connectivity index (χ1v) is 9.15. The molecule has 4 nitrogen and oxygen atoms in total. The SMILES string of the molecule is Cc1cnc2c(c1)CCCC2S(=O)c1nc2ccc(C)cc2[nH]1. The van der Waals surface area contributed by atoms with Gasteiger partial charge in [-0.05, 0) is 61.9 Å². The van der Waals surface area contributed by atoms with Gasteiger partial charge in [0.2, 0.25) is 0 Å². The van der Waals surface area contributed by atoms with Crippen LogP contribution < -0.4 is 0 Å². The molecule has 4 rings (SSSR count). The standard InChI is InChI=1S/C18H19N3OS/c1-11-6-7-14-15(9-11)21-18(20-14)23(22)16-5-3-4-13-8-12(2)10-19-17(13)16/h6-10,16H,3-5H2,1-2H3,(H,20,21). The number of aryl methyl sites for hydroxylation is 3. The van der Waals surface area contributed by atoms with Gasteiger partial charge in [0.15, 0.2) is 5.16 Å². The van der Waals surface area contributed by atoms with Crippen LogP contribution in [0.3, 0.4) is 0 Å². The van der Waals surface area contributed by atoms with Gasteiger partial charge in [0.05, 0.1) is 32.8 Å². The van der Waals surface area contributed by atoms with Crippen LogP contribution >= 0.6 is 0 Å². The number of H-pyrrole nitrogens is 1. The zero-order valence-corrected chi connectivity index (χ0v) is 14.1. The van der Waals surface area contributed by atoms with E-state index >= 15 is 0 Å². The van der Waals surface area contributed by atoms with Crippen molar-refractivity contribution in [3.05, 3.63) is 52.8 Å². The number of benzene rings is 1. The number of nitrogens with zero attached hydrogens (tertiary/aromatic N) is 2. The summed E-state index contributed by atoms with van der Waals surface area (Å²) in [5, 5.41) is 0.492. The quantitative estimate of drug-likeness (QED) is 0.780. The van der Waals surface area contributed by atoms with Crippen molar-refractivity contribution in [2.75, 3.05) is 0 Å². The Labute approximate surface area is 137 Å². The number of hydrogen-bond acceptors (Lipinski definition) is 3. The lowest BCUT2D eigenvalue weighted by Gasteiger charge is -2.23. The number of aromatic nitrogens is 3. The minimum Gasteiger partial charge on any atom is -0.331 e. The van der Waals surface area contributed by atoms with Gasteiger partial charge in [-0.3, -0.25) is 9.19 Å². The van der Waals surface area contributed by atoms with E-state index in [-0.39, 0.29) is 5.25 Å². The molecule has 118 valence electrons. The normalized spacial score (nSPS) is 18.8. The van der Waals surface area contributed by atoms with E-state index in [1.807, 2.05) is 31.3 Å². The van der Waals surface area contributed by atoms with Crippen molar-refractivity contribution in [2.45, 2.75) is 43.5 Å². The third kappa shape index (κ3) is 2.59. The molecule has 0 aliphatic heterocycles. The smallest absolute Gasteiger partial charge is 0.198 e. The highest BCUT2D eigenvalue weighted by Gasteiger charge is 2.29. The van der Waals surface area contributed by atoms with E-state index in [1.165, 1.54) is 11.1 Å². The molecule has 23 heavy (non-hydrogen) atoms. The van der Waals surface area contributed by atoms with Crippen molar-refractivity contribution in [1.29, 1.82) is 0 Å². The van der Waals surface area contributed by atoms with Crippen LogP contribution in [0, 0.1) is 13.8 Å². The monoisotopic (exact) mass is 325 g/mol. The number of aromatic amines is 1. The van der Waals surface area contributed by atoms with Crippen LogP contribution in [0.25, 0.3) is 11.0 Å². The van der Waals surface area contributed by atoms with Gasteiger partial charge in [-0.1, -0.05) is 12.1 Å². The fourth-order valence-corrected chi connectivity index (χ4v) is 4.75. The molecule has 0 saturated heterocycles. The first-order valence-electron chi connectivity index (χ1n) is 7.94. The number of nitrogens with one attached hydrogen (secondary N) is 1. The fraction of sp³-hybridized carbons (Fsp3) is 0.333. The molecule has 2 atom stereocenters. The molecule has 1 N–H and O–H groups in total. The number of fused-ring (bicyclic) bond motifs is 2. The molecule has 0 bridgehead atoms. The van der Waals surface area contributed by atoms with Crippen LogP contribution in [0.4, 0.5) is 0 Å². The largest absolute Gasteiger partial charge is 0.331 e. The molecule has 0 spiro atoms. The molecule has 1 aromatic carbocycles. The van der Waals surface area contributed by atoms with Crippen molar-refractivity contribution in [1.82, 2.24) is 15.0 Å². The molecule has 0 fully saturated rings. The molecule has 5 heteroatoms. The van der Waals surface area contributed by atoms with Crippen LogP contribution in [-0.2, 0) is 17.2 Å². The van der Waals surface area contributed by atoms with Gasteiger partial charge < -0.3 is 4.98 Å². The van der Waals surface area contributed by atoms with E-state index in [9.17, 15) is 4.21 Å². The molecule has 3 aromatic rings. The lowest BCUT2D eigenvalue weighted by Crippen LogP contribution is -2.17. The van der Waals surface area contributed by atoms with Gasteiger partial charge in [-0.2, -0.15) is 0 Å². The average molecular weight is 325 g/mol. The number of rotatable bonds is 2. The number of pyridine rings is 1. The highest BCUT2D eigenvalue weighted by Crippen LogP contribution is 2.35. The van der Waals surface area contributed by atoms with Crippen LogP contribution in [0.15, 0.2) is 35.6 Å². The molecule has 0 radical (unpaired) electrons. The van der Waals surface area contributed by atoms with Gasteiger partial charge in [-0.15, -0.1) is 0 Å². The maximum Gasteiger partial charge on any atom is 0.198 e. The maximum absolute atomic E-state index is 13.1. The van der Waals surface area contributed by atoms with Crippen LogP contribution in [0.5, 0.6) is 0 Å². The van der Waals surface area contributed by atoms with Gasteiger partial charge in [0.1, 0.15) is 0 Å². The molecule has 1 aliphatic rings. The Hall–Kier alpha value is -2.01. The number of hydrogen-bond donors (Lipinski definition) is 1. The topological polar surface area (TPSA) is 58.6 Å². The lowest BCUT2D eigenvalue weighted by atomic mass is 9.95. The van der Waals surface area contributed by atoms with Gasteiger partial charge in [-0.25, -0.2) is 4.98 Å². The Bertz CT molecular complexity index is 916. The summed E-state index contributed by atoms with van der Waals surface area (Å²) < 4.78 is 13.1. The Morgan fingerprint density at radius 2 is 2.09 bits per heavy atom. The average Bonchev–Trinajstić information content (AvgIpc) is 2.96. The summed E-state index contributed by atoms with van der Waals surface area (Å²) in [6, 6.07) is 8.21. The van der Waals surface area contributed by atoms with Crippen molar-refractivity contribution in [2.24, 2.45) is 0 Å². The zero-order valence-electron chi connectivity index (χ0n) is 13.3. The first kappa shape index (κ1) is 14.6. The van der Waals surface area contributed by atoms with Crippen LogP contribution in [0.1, 0.15) is 40.5 Å². The third-order valence-corrected chi connectivity index (χ3v) is 5.97. The van der Waals surface area contributed by atoms with E-state index in [1.54, 1.807) is 0 Å². The molecular weight excluding hydrogens is 306 g/mol. The Balaban J connectivity index is 1.74. The van der Waals surface area contributed by atoms with Gasteiger partial charge >= 0.3 is 0 Å². The maximum atomic E-state index is 13.1. The second kappa shape index (κ2) is 5.57. The zero-order chi connectivity index (χ0) is 16.0. The predicted octanol–water partition coefficient (Wildman–Crippen LogP) is 3.76. The fourth-order valence-electron chi connectivity index (χ4n) is 3.28. The van der Waals surface area contributed by atoms with E-state index in [2.05, 4.69) is 27.9 Å². The second-order valence-electron chi connectivity index (χ2n) is 6.30. The van der Waals surface area contributed by atoms with Crippen molar-refractivity contribution in [3.63, 3.8) is 0 Å². The molecule has 0 saturated carbocycles. The second-order valence-corrected chi connectivity index (χ2v) is 7.85. The molecule has 1 aliphatic carbocycles. The predicted molar refractivity (Wildman–Crippen MR) is 91.9 cm³/mol. The highest BCUT2D eigenvalue weighted by molar-refractivity contribution is 7.85. The summed E-state index contributed by atoms with van der Waals surface area (Å²) in [6.45, 7) is 4.09. The van der Waals surface area contributed by atoms with E-state index < -0.39 is 10.8 Å². The highest BCUT2D eigenvalue weighted by atomic mass is 32.2. The number of imidazole rings is 1. The summed E-state index contributed by atoms with van der Waals surface area (Å²) in [4.78, 5) is 12.4. The molecule has 2 aromatic heterocycles. The van der Waals surface area contributed by atoms with Crippen LogP contribution in [0.2, 0.25) is 0 Å². The third-order valence-electron chi connectivity index (χ3n) is 4.42. The van der Waals surface area contributed by atoms with Crippen molar-refractivity contribution in [3.8, 4) is 0 Å². The first-order chi connectivity index (χ1) is 11.1. The summed E-state index contributed by atoms with van der Waals surface area (Å²) >= 11 is 0. The van der Waals surface area contributed by atoms with Crippen LogP contribution in [-0.4, -0.2) is 19.2 Å². The minimum atomic E-state index is -1.21.